The lowest BCUT2D eigenvalue weighted by atomic mass is 9.89. The van der Waals surface area contributed by atoms with Gasteiger partial charge in [-0.25, -0.2) is 0 Å². The molecule has 2 heteroatoms. The van der Waals surface area contributed by atoms with Crippen molar-refractivity contribution in [3.05, 3.63) is 54.1 Å². The molecule has 0 unspecified atom stereocenters. The summed E-state index contributed by atoms with van der Waals surface area (Å²) in [6, 6.07) is 8.09. The molecule has 76 valence electrons. The summed E-state index contributed by atoms with van der Waals surface area (Å²) in [6.45, 7) is 5.30. The average molecular weight is 200 g/mol. The van der Waals surface area contributed by atoms with Gasteiger partial charge in [-0.15, -0.1) is 0 Å². The summed E-state index contributed by atoms with van der Waals surface area (Å²) in [7, 11) is 0. The third-order valence-electron chi connectivity index (χ3n) is 2.87. The van der Waals surface area contributed by atoms with Crippen molar-refractivity contribution in [1.82, 2.24) is 0 Å². The maximum Gasteiger partial charge on any atom is 0.216 e. The van der Waals surface area contributed by atoms with Gasteiger partial charge in [0.05, 0.1) is 13.2 Å². The molecular formula is C13H12O2. The second-order valence-corrected chi connectivity index (χ2v) is 3.77. The molecule has 2 nitrogen and oxygen atoms in total. The van der Waals surface area contributed by atoms with Crippen molar-refractivity contribution in [2.45, 2.75) is 5.79 Å². The SMILES string of the molecule is C=C1C=CC2(OCCO2)c2ccccc21. The quantitative estimate of drug-likeness (QED) is 0.640. The summed E-state index contributed by atoms with van der Waals surface area (Å²) >= 11 is 0. The fourth-order valence-corrected chi connectivity index (χ4v) is 2.14. The molecule has 1 saturated heterocycles. The number of benzene rings is 1. The van der Waals surface area contributed by atoms with E-state index < -0.39 is 5.79 Å². The standard InChI is InChI=1S/C13H12O2/c1-10-6-7-13(14-8-9-15-13)12-5-3-2-4-11(10)12/h2-7H,1,8-9H2. The molecule has 15 heavy (non-hydrogen) atoms. The minimum absolute atomic E-state index is 0.644. The summed E-state index contributed by atoms with van der Waals surface area (Å²) in [6.07, 6.45) is 3.92. The summed E-state index contributed by atoms with van der Waals surface area (Å²) in [4.78, 5) is 0. The molecule has 0 saturated carbocycles. The van der Waals surface area contributed by atoms with Crippen molar-refractivity contribution >= 4 is 5.57 Å². The highest BCUT2D eigenvalue weighted by Crippen LogP contribution is 2.40. The van der Waals surface area contributed by atoms with Gasteiger partial charge in [0.25, 0.3) is 0 Å². The van der Waals surface area contributed by atoms with Gasteiger partial charge in [0.15, 0.2) is 0 Å². The zero-order chi connectivity index (χ0) is 10.3. The van der Waals surface area contributed by atoms with Crippen molar-refractivity contribution in [3.63, 3.8) is 0 Å². The number of hydrogen-bond donors (Lipinski definition) is 0. The van der Waals surface area contributed by atoms with Gasteiger partial charge in [0, 0.05) is 5.56 Å². The van der Waals surface area contributed by atoms with E-state index in [1.807, 2.05) is 36.4 Å². The van der Waals surface area contributed by atoms with Crippen molar-refractivity contribution in [1.29, 1.82) is 0 Å². The Hall–Kier alpha value is -1.38. The Bertz CT molecular complexity index is 440. The van der Waals surface area contributed by atoms with Gasteiger partial charge in [-0.2, -0.15) is 0 Å². The van der Waals surface area contributed by atoms with Crippen LogP contribution < -0.4 is 0 Å². The number of ether oxygens (including phenoxy) is 2. The van der Waals surface area contributed by atoms with Crippen LogP contribution in [0.15, 0.2) is 43.0 Å². The Kier molecular flexibility index (Phi) is 1.81. The van der Waals surface area contributed by atoms with E-state index in [1.54, 1.807) is 0 Å². The Labute approximate surface area is 88.8 Å². The first-order valence-corrected chi connectivity index (χ1v) is 5.08. The van der Waals surface area contributed by atoms with Crippen LogP contribution in [0.1, 0.15) is 11.1 Å². The van der Waals surface area contributed by atoms with Crippen molar-refractivity contribution in [3.8, 4) is 0 Å². The van der Waals surface area contributed by atoms with E-state index in [1.165, 1.54) is 0 Å². The highest BCUT2D eigenvalue weighted by molar-refractivity contribution is 5.77. The van der Waals surface area contributed by atoms with Crippen LogP contribution in [0.25, 0.3) is 5.57 Å². The zero-order valence-electron chi connectivity index (χ0n) is 8.40. The third kappa shape index (κ3) is 1.19. The largest absolute Gasteiger partial charge is 0.340 e. The number of hydrogen-bond acceptors (Lipinski definition) is 2. The fraction of sp³-hybridized carbons (Fsp3) is 0.231. The van der Waals surface area contributed by atoms with Crippen LogP contribution in [0.2, 0.25) is 0 Å². The number of fused-ring (bicyclic) bond motifs is 2. The van der Waals surface area contributed by atoms with Crippen molar-refractivity contribution < 1.29 is 9.47 Å². The molecule has 0 amide bonds. The predicted octanol–water partition coefficient (Wildman–Crippen LogP) is 2.47. The lowest BCUT2D eigenvalue weighted by molar-refractivity contribution is -0.124. The summed E-state index contributed by atoms with van der Waals surface area (Å²) < 4.78 is 11.4. The van der Waals surface area contributed by atoms with Crippen LogP contribution in [0.5, 0.6) is 0 Å². The summed E-state index contributed by atoms with van der Waals surface area (Å²) in [5.41, 5.74) is 3.19. The molecule has 1 fully saturated rings. The number of allylic oxidation sites excluding steroid dienone is 2. The molecule has 1 aliphatic carbocycles. The van der Waals surface area contributed by atoms with E-state index >= 15 is 0 Å². The minimum atomic E-state index is -0.655. The van der Waals surface area contributed by atoms with E-state index in [4.69, 9.17) is 9.47 Å². The van der Waals surface area contributed by atoms with Gasteiger partial charge < -0.3 is 9.47 Å². The Balaban J connectivity index is 2.21. The molecule has 1 heterocycles. The maximum atomic E-state index is 5.71. The normalized spacial score (nSPS) is 22.0. The first kappa shape index (κ1) is 8.89. The molecule has 1 spiro atoms. The van der Waals surface area contributed by atoms with Crippen LogP contribution in [0.4, 0.5) is 0 Å². The molecule has 0 bridgehead atoms. The van der Waals surface area contributed by atoms with Crippen LogP contribution in [-0.2, 0) is 15.3 Å². The lowest BCUT2D eigenvalue weighted by Gasteiger charge is -2.30. The highest BCUT2D eigenvalue weighted by atomic mass is 16.7. The van der Waals surface area contributed by atoms with Crippen molar-refractivity contribution in [2.24, 2.45) is 0 Å². The molecule has 0 aromatic heterocycles. The van der Waals surface area contributed by atoms with Crippen LogP contribution in [0, 0.1) is 0 Å². The van der Waals surface area contributed by atoms with Crippen LogP contribution in [0.3, 0.4) is 0 Å². The topological polar surface area (TPSA) is 18.5 Å². The fourth-order valence-electron chi connectivity index (χ4n) is 2.14. The molecule has 0 atom stereocenters. The first-order valence-electron chi connectivity index (χ1n) is 5.08. The third-order valence-corrected chi connectivity index (χ3v) is 2.87. The highest BCUT2D eigenvalue weighted by Gasteiger charge is 2.39. The maximum absolute atomic E-state index is 5.71. The van der Waals surface area contributed by atoms with E-state index in [0.29, 0.717) is 13.2 Å². The second kappa shape index (κ2) is 3.05. The first-order chi connectivity index (χ1) is 7.32. The van der Waals surface area contributed by atoms with E-state index in [2.05, 4.69) is 6.58 Å². The van der Waals surface area contributed by atoms with E-state index in [-0.39, 0.29) is 0 Å². The molecule has 1 aliphatic heterocycles. The van der Waals surface area contributed by atoms with Gasteiger partial charge in [0.2, 0.25) is 5.79 Å². The molecule has 2 aliphatic rings. The number of rotatable bonds is 0. The molecule has 1 aromatic carbocycles. The van der Waals surface area contributed by atoms with Gasteiger partial charge >= 0.3 is 0 Å². The lowest BCUT2D eigenvalue weighted by Crippen LogP contribution is -2.27. The average Bonchev–Trinajstić information content (AvgIpc) is 2.74. The van der Waals surface area contributed by atoms with Gasteiger partial charge in [0.1, 0.15) is 0 Å². The van der Waals surface area contributed by atoms with E-state index in [9.17, 15) is 0 Å². The summed E-state index contributed by atoms with van der Waals surface area (Å²) in [5, 5.41) is 0. The van der Waals surface area contributed by atoms with Crippen LogP contribution in [-0.4, -0.2) is 13.2 Å². The Morgan fingerprint density at radius 1 is 1.13 bits per heavy atom. The molecule has 0 N–H and O–H groups in total. The zero-order valence-corrected chi connectivity index (χ0v) is 8.40. The smallest absolute Gasteiger partial charge is 0.216 e. The van der Waals surface area contributed by atoms with Gasteiger partial charge in [-0.3, -0.25) is 0 Å². The Morgan fingerprint density at radius 3 is 2.67 bits per heavy atom. The minimum Gasteiger partial charge on any atom is -0.340 e. The van der Waals surface area contributed by atoms with Crippen LogP contribution >= 0.6 is 0 Å². The monoisotopic (exact) mass is 200 g/mol. The second-order valence-electron chi connectivity index (χ2n) is 3.77. The summed E-state index contributed by atoms with van der Waals surface area (Å²) in [5.74, 6) is -0.655. The molecule has 3 rings (SSSR count). The molecule has 1 aromatic rings. The van der Waals surface area contributed by atoms with Gasteiger partial charge in [-0.05, 0) is 17.2 Å². The van der Waals surface area contributed by atoms with E-state index in [0.717, 1.165) is 16.7 Å². The molecule has 0 radical (unpaired) electrons. The van der Waals surface area contributed by atoms with Crippen molar-refractivity contribution in [2.75, 3.05) is 13.2 Å². The van der Waals surface area contributed by atoms with Gasteiger partial charge in [-0.1, -0.05) is 36.9 Å². The molecular weight excluding hydrogens is 188 g/mol. The Morgan fingerprint density at radius 2 is 1.87 bits per heavy atom. The predicted molar refractivity (Wildman–Crippen MR) is 58.2 cm³/mol.